The van der Waals surface area contributed by atoms with Crippen LogP contribution in [0.1, 0.15) is 37.2 Å². The molecule has 0 saturated carbocycles. The number of ether oxygens (including phenoxy) is 1. The highest BCUT2D eigenvalue weighted by Gasteiger charge is 2.27. The Balaban J connectivity index is 1.81. The molecule has 2 rings (SSSR count). The number of hydrogen-bond acceptors (Lipinski definition) is 5. The quantitative estimate of drug-likeness (QED) is 0.700. The van der Waals surface area contributed by atoms with E-state index in [2.05, 4.69) is 29.4 Å². The Bertz CT molecular complexity index is 522. The van der Waals surface area contributed by atoms with Crippen molar-refractivity contribution in [2.24, 2.45) is 5.92 Å². The van der Waals surface area contributed by atoms with Crippen molar-refractivity contribution in [1.29, 1.82) is 0 Å². The van der Waals surface area contributed by atoms with E-state index in [9.17, 15) is 9.59 Å². The molecule has 1 aliphatic rings. The van der Waals surface area contributed by atoms with Crippen molar-refractivity contribution >= 4 is 11.8 Å². The highest BCUT2D eigenvalue weighted by molar-refractivity contribution is 5.94. The van der Waals surface area contributed by atoms with Crippen molar-refractivity contribution in [3.63, 3.8) is 0 Å². The van der Waals surface area contributed by atoms with Gasteiger partial charge in [-0.1, -0.05) is 26.7 Å². The van der Waals surface area contributed by atoms with Crippen molar-refractivity contribution < 1.29 is 18.7 Å². The molecular formula is C18H29N3O4. The fraction of sp³-hybridized carbons (Fsp3) is 0.667. The Labute approximate surface area is 149 Å². The molecule has 7 heteroatoms. The van der Waals surface area contributed by atoms with Crippen LogP contribution in [0.2, 0.25) is 0 Å². The first-order valence-electron chi connectivity index (χ1n) is 9.05. The highest BCUT2D eigenvalue weighted by Crippen LogP contribution is 2.19. The average molecular weight is 351 g/mol. The van der Waals surface area contributed by atoms with Gasteiger partial charge >= 0.3 is 0 Å². The molecule has 2 heterocycles. The maximum Gasteiger partial charge on any atom is 0.287 e. The van der Waals surface area contributed by atoms with Gasteiger partial charge in [-0.2, -0.15) is 0 Å². The first-order valence-corrected chi connectivity index (χ1v) is 9.05. The van der Waals surface area contributed by atoms with E-state index in [0.717, 1.165) is 39.1 Å². The zero-order valence-electron chi connectivity index (χ0n) is 15.1. The number of nitrogens with zero attached hydrogens (tertiary/aromatic N) is 1. The number of hydrogen-bond donors (Lipinski definition) is 2. The second-order valence-corrected chi connectivity index (χ2v) is 6.26. The Morgan fingerprint density at radius 2 is 1.92 bits per heavy atom. The van der Waals surface area contributed by atoms with E-state index in [0.29, 0.717) is 18.5 Å². The van der Waals surface area contributed by atoms with Gasteiger partial charge in [-0.25, -0.2) is 0 Å². The van der Waals surface area contributed by atoms with Gasteiger partial charge < -0.3 is 19.8 Å². The van der Waals surface area contributed by atoms with Gasteiger partial charge in [-0.15, -0.1) is 0 Å². The van der Waals surface area contributed by atoms with Crippen LogP contribution in [-0.2, 0) is 9.53 Å². The van der Waals surface area contributed by atoms with Crippen LogP contribution in [0.25, 0.3) is 0 Å². The van der Waals surface area contributed by atoms with E-state index >= 15 is 0 Å². The van der Waals surface area contributed by atoms with Gasteiger partial charge in [0.15, 0.2) is 5.76 Å². The summed E-state index contributed by atoms with van der Waals surface area (Å²) >= 11 is 0. The number of nitrogens with one attached hydrogen (secondary N) is 2. The average Bonchev–Trinajstić information content (AvgIpc) is 3.18. The third kappa shape index (κ3) is 5.86. The van der Waals surface area contributed by atoms with Crippen molar-refractivity contribution in [3.8, 4) is 0 Å². The summed E-state index contributed by atoms with van der Waals surface area (Å²) in [4.78, 5) is 26.3. The van der Waals surface area contributed by atoms with Crippen molar-refractivity contribution in [2.75, 3.05) is 39.4 Å². The molecule has 25 heavy (non-hydrogen) atoms. The summed E-state index contributed by atoms with van der Waals surface area (Å²) in [5, 5.41) is 5.53. The Morgan fingerprint density at radius 1 is 1.20 bits per heavy atom. The zero-order valence-corrected chi connectivity index (χ0v) is 15.1. The molecule has 140 valence electrons. The molecule has 0 aliphatic carbocycles. The summed E-state index contributed by atoms with van der Waals surface area (Å²) in [5.41, 5.74) is 0. The molecule has 0 spiro atoms. The van der Waals surface area contributed by atoms with E-state index in [1.165, 1.54) is 6.26 Å². The monoisotopic (exact) mass is 351 g/mol. The summed E-state index contributed by atoms with van der Waals surface area (Å²) in [6.45, 7) is 8.17. The molecule has 1 saturated heterocycles. The van der Waals surface area contributed by atoms with Gasteiger partial charge in [0.25, 0.3) is 5.91 Å². The minimum absolute atomic E-state index is 0.0573. The first-order chi connectivity index (χ1) is 12.2. The zero-order chi connectivity index (χ0) is 18.1. The van der Waals surface area contributed by atoms with Gasteiger partial charge in [-0.3, -0.25) is 14.5 Å². The van der Waals surface area contributed by atoms with E-state index in [1.807, 2.05) is 0 Å². The van der Waals surface area contributed by atoms with E-state index in [4.69, 9.17) is 9.15 Å². The molecule has 2 N–H and O–H groups in total. The van der Waals surface area contributed by atoms with Crippen molar-refractivity contribution in [3.05, 3.63) is 24.2 Å². The van der Waals surface area contributed by atoms with Crippen LogP contribution >= 0.6 is 0 Å². The van der Waals surface area contributed by atoms with Gasteiger partial charge in [0, 0.05) is 25.7 Å². The molecule has 1 aromatic heterocycles. The third-order valence-corrected chi connectivity index (χ3v) is 4.77. The van der Waals surface area contributed by atoms with Crippen LogP contribution < -0.4 is 10.6 Å². The minimum atomic E-state index is -0.384. The molecule has 0 radical (unpaired) electrons. The predicted octanol–water partition coefficient (Wildman–Crippen LogP) is 1.26. The molecule has 0 aromatic carbocycles. The molecule has 1 aromatic rings. The lowest BCUT2D eigenvalue weighted by molar-refractivity contribution is -0.120. The molecular weight excluding hydrogens is 322 g/mol. The van der Waals surface area contributed by atoms with Crippen LogP contribution in [0.15, 0.2) is 22.8 Å². The second-order valence-electron chi connectivity index (χ2n) is 6.26. The summed E-state index contributed by atoms with van der Waals surface area (Å²) in [5.74, 6) is 0.154. The minimum Gasteiger partial charge on any atom is -0.459 e. The Hall–Kier alpha value is -1.86. The predicted molar refractivity (Wildman–Crippen MR) is 94.3 cm³/mol. The normalized spacial score (nSPS) is 16.6. The fourth-order valence-electron chi connectivity index (χ4n) is 3.27. The number of amides is 2. The number of carbonyl (C=O) groups excluding carboxylic acids is 2. The second kappa shape index (κ2) is 10.2. The van der Waals surface area contributed by atoms with E-state index < -0.39 is 0 Å². The number of morpholine rings is 1. The first kappa shape index (κ1) is 19.5. The highest BCUT2D eigenvalue weighted by atomic mass is 16.5. The van der Waals surface area contributed by atoms with Gasteiger partial charge in [-0.05, 0) is 18.1 Å². The largest absolute Gasteiger partial charge is 0.459 e. The van der Waals surface area contributed by atoms with Gasteiger partial charge in [0.1, 0.15) is 0 Å². The molecule has 1 fully saturated rings. The molecule has 1 aliphatic heterocycles. The van der Waals surface area contributed by atoms with Gasteiger partial charge in [0.2, 0.25) is 5.91 Å². The van der Waals surface area contributed by atoms with Crippen LogP contribution in [0.5, 0.6) is 0 Å². The van der Waals surface area contributed by atoms with Crippen LogP contribution in [0, 0.1) is 5.92 Å². The molecule has 2 amide bonds. The number of furan rings is 1. The number of carbonyl (C=O) groups is 2. The number of rotatable bonds is 9. The van der Waals surface area contributed by atoms with Crippen molar-refractivity contribution in [1.82, 2.24) is 15.5 Å². The topological polar surface area (TPSA) is 83.8 Å². The smallest absolute Gasteiger partial charge is 0.287 e. The SMILES string of the molecule is CCC(CC)[C@H](CNC(=O)CNC(=O)c1ccco1)N1CCOCC1. The van der Waals surface area contributed by atoms with Crippen LogP contribution in [0.3, 0.4) is 0 Å². The van der Waals surface area contributed by atoms with Gasteiger partial charge in [0.05, 0.1) is 26.0 Å². The summed E-state index contributed by atoms with van der Waals surface area (Å²) < 4.78 is 10.4. The van der Waals surface area contributed by atoms with Crippen molar-refractivity contribution in [2.45, 2.75) is 32.7 Å². The van der Waals surface area contributed by atoms with Crippen LogP contribution in [-0.4, -0.2) is 62.1 Å². The lowest BCUT2D eigenvalue weighted by atomic mass is 9.92. The van der Waals surface area contributed by atoms with E-state index in [-0.39, 0.29) is 24.1 Å². The lowest BCUT2D eigenvalue weighted by Crippen LogP contribution is -2.52. The molecule has 0 bridgehead atoms. The maximum absolute atomic E-state index is 12.1. The fourth-order valence-corrected chi connectivity index (χ4v) is 3.27. The Kier molecular flexibility index (Phi) is 7.94. The lowest BCUT2D eigenvalue weighted by Gasteiger charge is -2.38. The van der Waals surface area contributed by atoms with E-state index in [1.54, 1.807) is 12.1 Å². The summed E-state index contributed by atoms with van der Waals surface area (Å²) in [6, 6.07) is 3.50. The molecule has 0 unspecified atom stereocenters. The summed E-state index contributed by atoms with van der Waals surface area (Å²) in [6.07, 6.45) is 3.57. The van der Waals surface area contributed by atoms with Crippen LogP contribution in [0.4, 0.5) is 0 Å². The third-order valence-electron chi connectivity index (χ3n) is 4.77. The Morgan fingerprint density at radius 3 is 2.52 bits per heavy atom. The standard InChI is InChI=1S/C18H29N3O4/c1-3-14(4-2)15(21-7-10-24-11-8-21)12-19-17(22)13-20-18(23)16-6-5-9-25-16/h5-6,9,14-15H,3-4,7-8,10-13H2,1-2H3,(H,19,22)(H,20,23)/t15-/m0/s1. The maximum atomic E-state index is 12.1. The molecule has 1 atom stereocenters. The molecule has 7 nitrogen and oxygen atoms in total. The summed E-state index contributed by atoms with van der Waals surface area (Å²) in [7, 11) is 0.